The van der Waals surface area contributed by atoms with Gasteiger partial charge in [-0.15, -0.1) is 0 Å². The van der Waals surface area contributed by atoms with Crippen molar-refractivity contribution >= 4 is 5.91 Å². The van der Waals surface area contributed by atoms with E-state index < -0.39 is 11.2 Å². The van der Waals surface area contributed by atoms with E-state index in [9.17, 15) is 14.7 Å². The molecule has 1 aliphatic rings. The molecule has 92 valence electrons. The van der Waals surface area contributed by atoms with Crippen molar-refractivity contribution in [1.82, 2.24) is 9.88 Å². The SMILES string of the molecule is C[C@@H]1CN(C(=O)c2ccc[nH]c2=O)C[C@]1(C)O. The second-order valence-corrected chi connectivity index (χ2v) is 4.86. The minimum absolute atomic E-state index is 0.00856. The predicted molar refractivity (Wildman–Crippen MR) is 62.8 cm³/mol. The van der Waals surface area contributed by atoms with Gasteiger partial charge in [0.2, 0.25) is 0 Å². The van der Waals surface area contributed by atoms with Crippen molar-refractivity contribution in [1.29, 1.82) is 0 Å². The zero-order valence-electron chi connectivity index (χ0n) is 9.93. The molecule has 1 aliphatic heterocycles. The van der Waals surface area contributed by atoms with Crippen molar-refractivity contribution in [2.45, 2.75) is 19.4 Å². The summed E-state index contributed by atoms with van der Waals surface area (Å²) < 4.78 is 0. The van der Waals surface area contributed by atoms with E-state index >= 15 is 0 Å². The third-order valence-corrected chi connectivity index (χ3v) is 3.40. The highest BCUT2D eigenvalue weighted by atomic mass is 16.3. The van der Waals surface area contributed by atoms with Crippen LogP contribution in [-0.2, 0) is 0 Å². The standard InChI is InChI=1S/C12H16N2O3/c1-8-6-14(7-12(8,2)17)11(16)9-4-3-5-13-10(9)15/h3-5,8,17H,6-7H2,1-2H3,(H,13,15)/t8-,12+/m1/s1. The molecule has 17 heavy (non-hydrogen) atoms. The van der Waals surface area contributed by atoms with Crippen LogP contribution in [0.2, 0.25) is 0 Å². The summed E-state index contributed by atoms with van der Waals surface area (Å²) in [5.74, 6) is -0.314. The number of β-amino-alcohol motifs (C(OH)–C–C–N with tert-alkyl or cyclic N) is 1. The van der Waals surface area contributed by atoms with Crippen LogP contribution in [0.25, 0.3) is 0 Å². The average Bonchev–Trinajstić information content (AvgIpc) is 2.53. The number of aromatic nitrogens is 1. The number of aromatic amines is 1. The molecular formula is C12H16N2O3. The summed E-state index contributed by atoms with van der Waals surface area (Å²) in [6.07, 6.45) is 1.49. The summed E-state index contributed by atoms with van der Waals surface area (Å²) in [5.41, 5.74) is -1.15. The lowest BCUT2D eigenvalue weighted by atomic mass is 9.95. The van der Waals surface area contributed by atoms with E-state index in [4.69, 9.17) is 0 Å². The topological polar surface area (TPSA) is 73.4 Å². The molecule has 1 amide bonds. The molecule has 0 bridgehead atoms. The first-order valence-electron chi connectivity index (χ1n) is 5.61. The number of hydrogen-bond donors (Lipinski definition) is 2. The molecule has 5 nitrogen and oxygen atoms in total. The second kappa shape index (κ2) is 4.00. The molecule has 2 rings (SSSR count). The van der Waals surface area contributed by atoms with Gasteiger partial charge in [0, 0.05) is 25.2 Å². The maximum Gasteiger partial charge on any atom is 0.260 e. The molecule has 0 saturated carbocycles. The number of carbonyl (C=O) groups excluding carboxylic acids is 1. The molecule has 0 spiro atoms. The Morgan fingerprint density at radius 1 is 1.65 bits per heavy atom. The van der Waals surface area contributed by atoms with Gasteiger partial charge >= 0.3 is 0 Å². The van der Waals surface area contributed by atoms with Crippen molar-refractivity contribution in [3.63, 3.8) is 0 Å². The average molecular weight is 236 g/mol. The highest BCUT2D eigenvalue weighted by molar-refractivity contribution is 5.94. The van der Waals surface area contributed by atoms with Crippen LogP contribution in [0.15, 0.2) is 23.1 Å². The molecule has 1 aromatic rings. The van der Waals surface area contributed by atoms with Gasteiger partial charge in [-0.1, -0.05) is 6.92 Å². The van der Waals surface area contributed by atoms with Crippen LogP contribution in [0.4, 0.5) is 0 Å². The highest BCUT2D eigenvalue weighted by Crippen LogP contribution is 2.27. The summed E-state index contributed by atoms with van der Waals surface area (Å²) in [4.78, 5) is 27.6. The van der Waals surface area contributed by atoms with Crippen LogP contribution in [0.3, 0.4) is 0 Å². The molecule has 2 heterocycles. The van der Waals surface area contributed by atoms with Crippen molar-refractivity contribution in [2.24, 2.45) is 5.92 Å². The van der Waals surface area contributed by atoms with Gasteiger partial charge in [-0.3, -0.25) is 9.59 Å². The van der Waals surface area contributed by atoms with E-state index in [2.05, 4.69) is 4.98 Å². The number of H-pyrrole nitrogens is 1. The number of nitrogens with zero attached hydrogens (tertiary/aromatic N) is 1. The van der Waals surface area contributed by atoms with Crippen molar-refractivity contribution in [3.05, 3.63) is 34.2 Å². The number of hydrogen-bond acceptors (Lipinski definition) is 3. The van der Waals surface area contributed by atoms with Crippen LogP contribution in [0.5, 0.6) is 0 Å². The van der Waals surface area contributed by atoms with Crippen LogP contribution in [0, 0.1) is 5.92 Å². The number of aliphatic hydroxyl groups is 1. The Hall–Kier alpha value is -1.62. The maximum atomic E-state index is 12.1. The first kappa shape index (κ1) is 11.9. The van der Waals surface area contributed by atoms with Crippen molar-refractivity contribution in [3.8, 4) is 0 Å². The molecule has 1 fully saturated rings. The van der Waals surface area contributed by atoms with Gasteiger partial charge in [0.05, 0.1) is 5.60 Å². The van der Waals surface area contributed by atoms with Gasteiger partial charge < -0.3 is 15.0 Å². The largest absolute Gasteiger partial charge is 0.388 e. The summed E-state index contributed by atoms with van der Waals surface area (Å²) in [7, 11) is 0. The fourth-order valence-electron chi connectivity index (χ4n) is 2.05. The first-order chi connectivity index (χ1) is 7.92. The molecule has 5 heteroatoms. The van der Waals surface area contributed by atoms with E-state index in [1.807, 2.05) is 6.92 Å². The highest BCUT2D eigenvalue weighted by Gasteiger charge is 2.40. The number of nitrogens with one attached hydrogen (secondary N) is 1. The minimum atomic E-state index is -0.878. The lowest BCUT2D eigenvalue weighted by Gasteiger charge is -2.20. The number of likely N-dealkylation sites (tertiary alicyclic amines) is 1. The predicted octanol–water partition coefficient (Wildman–Crippen LogP) is 0.218. The smallest absolute Gasteiger partial charge is 0.260 e. The quantitative estimate of drug-likeness (QED) is 0.732. The molecule has 0 radical (unpaired) electrons. The molecule has 1 saturated heterocycles. The van der Waals surface area contributed by atoms with Crippen LogP contribution >= 0.6 is 0 Å². The Kier molecular flexibility index (Phi) is 2.79. The molecule has 2 atom stereocenters. The zero-order valence-corrected chi connectivity index (χ0v) is 9.93. The van der Waals surface area contributed by atoms with Crippen molar-refractivity contribution in [2.75, 3.05) is 13.1 Å². The third-order valence-electron chi connectivity index (χ3n) is 3.40. The number of rotatable bonds is 1. The fraction of sp³-hybridized carbons (Fsp3) is 0.500. The molecule has 1 aromatic heterocycles. The normalized spacial score (nSPS) is 28.4. The lowest BCUT2D eigenvalue weighted by Crippen LogP contribution is -2.36. The summed E-state index contributed by atoms with van der Waals surface area (Å²) in [6.45, 7) is 4.34. The van der Waals surface area contributed by atoms with Gasteiger partial charge in [0.25, 0.3) is 11.5 Å². The number of carbonyl (C=O) groups is 1. The zero-order chi connectivity index (χ0) is 12.6. The molecule has 0 unspecified atom stereocenters. The summed E-state index contributed by atoms with van der Waals surface area (Å²) >= 11 is 0. The molecular weight excluding hydrogens is 220 g/mol. The van der Waals surface area contributed by atoms with E-state index in [1.165, 1.54) is 17.2 Å². The minimum Gasteiger partial charge on any atom is -0.388 e. The van der Waals surface area contributed by atoms with Gasteiger partial charge in [-0.2, -0.15) is 0 Å². The monoisotopic (exact) mass is 236 g/mol. The summed E-state index contributed by atoms with van der Waals surface area (Å²) in [6, 6.07) is 3.12. The van der Waals surface area contributed by atoms with E-state index in [-0.39, 0.29) is 23.9 Å². The van der Waals surface area contributed by atoms with Gasteiger partial charge in [0.15, 0.2) is 0 Å². The summed E-state index contributed by atoms with van der Waals surface area (Å²) in [5, 5.41) is 10.0. The molecule has 2 N–H and O–H groups in total. The van der Waals surface area contributed by atoms with Gasteiger partial charge in [0.1, 0.15) is 5.56 Å². The Morgan fingerprint density at radius 3 is 2.88 bits per heavy atom. The molecule has 0 aliphatic carbocycles. The third kappa shape index (κ3) is 2.10. The Morgan fingerprint density at radius 2 is 2.35 bits per heavy atom. The Bertz CT molecular complexity index is 493. The first-order valence-corrected chi connectivity index (χ1v) is 5.61. The number of pyridine rings is 1. The van der Waals surface area contributed by atoms with E-state index in [0.29, 0.717) is 6.54 Å². The van der Waals surface area contributed by atoms with E-state index in [0.717, 1.165) is 0 Å². The van der Waals surface area contributed by atoms with Gasteiger partial charge in [-0.05, 0) is 19.1 Å². The Balaban J connectivity index is 2.24. The molecule has 0 aromatic carbocycles. The van der Waals surface area contributed by atoms with Gasteiger partial charge in [-0.25, -0.2) is 0 Å². The Labute approximate surface area is 99.1 Å². The lowest BCUT2D eigenvalue weighted by molar-refractivity contribution is 0.0351. The van der Waals surface area contributed by atoms with E-state index in [1.54, 1.807) is 13.0 Å². The van der Waals surface area contributed by atoms with Crippen LogP contribution in [-0.4, -0.2) is 39.6 Å². The fourth-order valence-corrected chi connectivity index (χ4v) is 2.05. The van der Waals surface area contributed by atoms with Crippen molar-refractivity contribution < 1.29 is 9.90 Å². The van der Waals surface area contributed by atoms with Crippen LogP contribution < -0.4 is 5.56 Å². The van der Waals surface area contributed by atoms with Crippen LogP contribution in [0.1, 0.15) is 24.2 Å². The maximum absolute atomic E-state index is 12.1. The number of amides is 1. The second-order valence-electron chi connectivity index (χ2n) is 4.86.